The van der Waals surface area contributed by atoms with Gasteiger partial charge in [0.25, 0.3) is 15.9 Å². The number of hydrogen-bond donors (Lipinski definition) is 1. The van der Waals surface area contributed by atoms with Gasteiger partial charge in [-0.2, -0.15) is 0 Å². The molecule has 0 heterocycles. The highest BCUT2D eigenvalue weighted by atomic mass is 32.2. The molecule has 0 aliphatic heterocycles. The minimum atomic E-state index is -3.69. The van der Waals surface area contributed by atoms with Crippen molar-refractivity contribution in [1.29, 1.82) is 0 Å². The second-order valence-electron chi connectivity index (χ2n) is 5.70. The molecule has 2 aromatic rings. The van der Waals surface area contributed by atoms with Crippen molar-refractivity contribution in [2.45, 2.75) is 11.8 Å². The molecule has 2 N–H and O–H groups in total. The Hall–Kier alpha value is -3.07. The summed E-state index contributed by atoms with van der Waals surface area (Å²) in [5.74, 6) is -1.15. The van der Waals surface area contributed by atoms with Gasteiger partial charge in [0.2, 0.25) is 0 Å². The molecule has 144 valence electrons. The highest BCUT2D eigenvalue weighted by molar-refractivity contribution is 7.92. The number of esters is 1. The molecule has 0 aromatic heterocycles. The number of carbonyl (C=O) groups excluding carboxylic acids is 2. The number of sulfonamides is 1. The van der Waals surface area contributed by atoms with Crippen molar-refractivity contribution in [3.63, 3.8) is 0 Å². The van der Waals surface area contributed by atoms with Crippen LogP contribution in [-0.4, -0.2) is 40.6 Å². The van der Waals surface area contributed by atoms with Gasteiger partial charge < -0.3 is 15.2 Å². The van der Waals surface area contributed by atoms with E-state index in [1.165, 1.54) is 19.2 Å². The number of rotatable bonds is 8. The third-order valence-corrected chi connectivity index (χ3v) is 5.41. The molecule has 2 aromatic carbocycles. The van der Waals surface area contributed by atoms with Gasteiger partial charge in [-0.15, -0.1) is 0 Å². The average molecular weight is 392 g/mol. The van der Waals surface area contributed by atoms with Crippen LogP contribution in [0.1, 0.15) is 5.56 Å². The topological polar surface area (TPSA) is 116 Å². The lowest BCUT2D eigenvalue weighted by Gasteiger charge is -2.20. The van der Waals surface area contributed by atoms with Crippen molar-refractivity contribution in [3.05, 3.63) is 54.1 Å². The number of primary amides is 1. The maximum Gasteiger partial charge on any atom is 0.344 e. The van der Waals surface area contributed by atoms with Gasteiger partial charge in [-0.05, 0) is 43.3 Å². The molecular formula is C18H20N2O6S. The Morgan fingerprint density at radius 1 is 1.00 bits per heavy atom. The summed E-state index contributed by atoms with van der Waals surface area (Å²) in [4.78, 5) is 22.1. The molecule has 0 saturated carbocycles. The Balaban J connectivity index is 2.02. The van der Waals surface area contributed by atoms with Gasteiger partial charge in [0.1, 0.15) is 5.75 Å². The van der Waals surface area contributed by atoms with Crippen LogP contribution in [0.25, 0.3) is 0 Å². The maximum atomic E-state index is 12.7. The van der Waals surface area contributed by atoms with Crippen molar-refractivity contribution < 1.29 is 27.5 Å². The fourth-order valence-corrected chi connectivity index (χ4v) is 3.29. The Labute approximate surface area is 157 Å². The Bertz CT molecular complexity index is 908. The van der Waals surface area contributed by atoms with E-state index in [-0.39, 0.29) is 4.90 Å². The second-order valence-corrected chi connectivity index (χ2v) is 7.66. The third-order valence-electron chi connectivity index (χ3n) is 3.61. The summed E-state index contributed by atoms with van der Waals surface area (Å²) in [6, 6.07) is 12.7. The molecule has 8 nitrogen and oxygen atoms in total. The SMILES string of the molecule is Cc1ccc(S(=O)(=O)N(C)c2ccc(OCC(=O)OCC(N)=O)cc2)cc1. The van der Waals surface area contributed by atoms with Gasteiger partial charge in [0.05, 0.1) is 10.6 Å². The Kier molecular flexibility index (Phi) is 6.40. The monoisotopic (exact) mass is 392 g/mol. The number of carbonyl (C=O) groups is 2. The van der Waals surface area contributed by atoms with Crippen LogP contribution < -0.4 is 14.8 Å². The number of nitrogens with zero attached hydrogens (tertiary/aromatic N) is 1. The molecule has 1 amide bonds. The van der Waals surface area contributed by atoms with Crippen molar-refractivity contribution in [2.75, 3.05) is 24.6 Å². The summed E-state index contributed by atoms with van der Waals surface area (Å²) in [6.45, 7) is 0.968. The molecule has 2 rings (SSSR count). The minimum Gasteiger partial charge on any atom is -0.482 e. The molecule has 27 heavy (non-hydrogen) atoms. The summed E-state index contributed by atoms with van der Waals surface area (Å²) >= 11 is 0. The van der Waals surface area contributed by atoms with Crippen molar-refractivity contribution in [3.8, 4) is 5.75 Å². The van der Waals surface area contributed by atoms with Crippen LogP contribution in [-0.2, 0) is 24.3 Å². The van der Waals surface area contributed by atoms with Crippen LogP contribution in [0.5, 0.6) is 5.75 Å². The zero-order chi connectivity index (χ0) is 20.0. The largest absolute Gasteiger partial charge is 0.482 e. The van der Waals surface area contributed by atoms with E-state index in [0.29, 0.717) is 11.4 Å². The average Bonchev–Trinajstić information content (AvgIpc) is 2.64. The van der Waals surface area contributed by atoms with Gasteiger partial charge in [-0.25, -0.2) is 13.2 Å². The lowest BCUT2D eigenvalue weighted by atomic mass is 10.2. The van der Waals surface area contributed by atoms with E-state index >= 15 is 0 Å². The predicted molar refractivity (Wildman–Crippen MR) is 98.9 cm³/mol. The van der Waals surface area contributed by atoms with E-state index in [2.05, 4.69) is 4.74 Å². The van der Waals surface area contributed by atoms with E-state index in [1.807, 2.05) is 6.92 Å². The summed E-state index contributed by atoms with van der Waals surface area (Å²) in [7, 11) is -2.24. The first-order chi connectivity index (χ1) is 12.7. The zero-order valence-electron chi connectivity index (χ0n) is 14.9. The number of ether oxygens (including phenoxy) is 2. The normalized spacial score (nSPS) is 10.9. The number of aryl methyl sites for hydroxylation is 1. The molecule has 0 aliphatic carbocycles. The number of anilines is 1. The van der Waals surface area contributed by atoms with E-state index in [1.54, 1.807) is 36.4 Å². The van der Waals surface area contributed by atoms with E-state index in [4.69, 9.17) is 10.5 Å². The van der Waals surface area contributed by atoms with Gasteiger partial charge in [0.15, 0.2) is 13.2 Å². The maximum absolute atomic E-state index is 12.7. The molecule has 0 spiro atoms. The fourth-order valence-electron chi connectivity index (χ4n) is 2.09. The van der Waals surface area contributed by atoms with Crippen LogP contribution in [0.2, 0.25) is 0 Å². The number of nitrogens with two attached hydrogens (primary N) is 1. The lowest BCUT2D eigenvalue weighted by Crippen LogP contribution is -2.26. The zero-order valence-corrected chi connectivity index (χ0v) is 15.7. The van der Waals surface area contributed by atoms with Gasteiger partial charge in [-0.1, -0.05) is 17.7 Å². The highest BCUT2D eigenvalue weighted by Crippen LogP contribution is 2.24. The van der Waals surface area contributed by atoms with Crippen LogP contribution in [0.3, 0.4) is 0 Å². The summed E-state index contributed by atoms with van der Waals surface area (Å²) in [5.41, 5.74) is 6.26. The first-order valence-corrected chi connectivity index (χ1v) is 9.36. The predicted octanol–water partition coefficient (Wildman–Crippen LogP) is 1.23. The van der Waals surface area contributed by atoms with E-state index in [9.17, 15) is 18.0 Å². The van der Waals surface area contributed by atoms with E-state index < -0.39 is 35.1 Å². The molecule has 0 bridgehead atoms. The quantitative estimate of drug-likeness (QED) is 0.676. The van der Waals surface area contributed by atoms with Crippen LogP contribution in [0.4, 0.5) is 5.69 Å². The molecule has 0 unspecified atom stereocenters. The Morgan fingerprint density at radius 3 is 2.15 bits per heavy atom. The molecule has 0 saturated heterocycles. The third kappa shape index (κ3) is 5.45. The molecule has 9 heteroatoms. The molecule has 0 radical (unpaired) electrons. The summed E-state index contributed by atoms with van der Waals surface area (Å²) < 4.78 is 36.3. The smallest absolute Gasteiger partial charge is 0.344 e. The Morgan fingerprint density at radius 2 is 1.59 bits per heavy atom. The van der Waals surface area contributed by atoms with Gasteiger partial charge in [-0.3, -0.25) is 9.10 Å². The van der Waals surface area contributed by atoms with Crippen LogP contribution in [0, 0.1) is 6.92 Å². The summed E-state index contributed by atoms with van der Waals surface area (Å²) in [6.07, 6.45) is 0. The summed E-state index contributed by atoms with van der Waals surface area (Å²) in [5, 5.41) is 0. The number of benzene rings is 2. The lowest BCUT2D eigenvalue weighted by molar-refractivity contribution is -0.149. The van der Waals surface area contributed by atoms with Crippen molar-refractivity contribution in [1.82, 2.24) is 0 Å². The van der Waals surface area contributed by atoms with Crippen molar-refractivity contribution >= 4 is 27.6 Å². The fraction of sp³-hybridized carbons (Fsp3) is 0.222. The first kappa shape index (κ1) is 20.2. The van der Waals surface area contributed by atoms with E-state index in [0.717, 1.165) is 9.87 Å². The molecule has 0 fully saturated rings. The number of hydrogen-bond acceptors (Lipinski definition) is 6. The van der Waals surface area contributed by atoms with Crippen LogP contribution >= 0.6 is 0 Å². The highest BCUT2D eigenvalue weighted by Gasteiger charge is 2.21. The number of amides is 1. The second kappa shape index (κ2) is 8.54. The van der Waals surface area contributed by atoms with Crippen LogP contribution in [0.15, 0.2) is 53.4 Å². The molecule has 0 atom stereocenters. The minimum absolute atomic E-state index is 0.188. The van der Waals surface area contributed by atoms with Gasteiger partial charge >= 0.3 is 5.97 Å². The van der Waals surface area contributed by atoms with Gasteiger partial charge in [0, 0.05) is 7.05 Å². The molecular weight excluding hydrogens is 372 g/mol. The van der Waals surface area contributed by atoms with Crippen molar-refractivity contribution in [2.24, 2.45) is 5.73 Å². The molecule has 0 aliphatic rings. The first-order valence-electron chi connectivity index (χ1n) is 7.92. The standard InChI is InChI=1S/C18H20N2O6S/c1-13-3-9-16(10-4-13)27(23,24)20(2)14-5-7-15(8-6-14)25-12-18(22)26-11-17(19)21/h3-10H,11-12H2,1-2H3,(H2,19,21).